The zero-order valence-corrected chi connectivity index (χ0v) is 42.7. The van der Waals surface area contributed by atoms with E-state index in [1.807, 2.05) is 27.7 Å². The van der Waals surface area contributed by atoms with Crippen molar-refractivity contribution in [3.8, 4) is 51.7 Å². The molecule has 0 amide bonds. The van der Waals surface area contributed by atoms with E-state index in [9.17, 15) is 20.1 Å². The SMILES string of the molecule is CCc1cc2c(nc1N)C#CCc1c(CNCCCO)c(O)c3c(c1[C@H]1Oc4c(ccc5c4[C@@]4(CC[C@H](C2)C4)Cc2cc(O)cc(OC)c2-5)[C@@H]1COC(C)=O)C=C[C@@H]1N[C@H]2CCC[C@@H](CSSC[C@H]1O3)C2. The number of nitrogens with zero attached hydrogens (tertiary/aromatic N) is 1. The number of carbonyl (C=O) groups excluding carboxylic acids is 1. The van der Waals surface area contributed by atoms with Gasteiger partial charge in [0.05, 0.1) is 19.1 Å². The van der Waals surface area contributed by atoms with Crippen LogP contribution in [0.3, 0.4) is 0 Å². The van der Waals surface area contributed by atoms with Crippen LogP contribution in [0.25, 0.3) is 17.2 Å². The lowest BCUT2D eigenvalue weighted by atomic mass is 9.65. The van der Waals surface area contributed by atoms with Crippen LogP contribution in [0.2, 0.25) is 0 Å². The largest absolute Gasteiger partial charge is 0.508 e. The van der Waals surface area contributed by atoms with Gasteiger partial charge in [-0.05, 0) is 128 Å². The number of carbonyl (C=O) groups is 1. The quantitative estimate of drug-likeness (QED) is 0.0405. The molecule has 8 atom stereocenters. The van der Waals surface area contributed by atoms with Gasteiger partial charge in [-0.3, -0.25) is 4.79 Å². The molecule has 3 aliphatic carbocycles. The molecule has 2 saturated carbocycles. The number of aryl methyl sites for hydroxylation is 1. The Balaban J connectivity index is 1.17. The number of anilines is 1. The van der Waals surface area contributed by atoms with Gasteiger partial charge in [-0.1, -0.05) is 65.1 Å². The fourth-order valence-corrected chi connectivity index (χ4v) is 15.9. The average molecular weight is 999 g/mol. The van der Waals surface area contributed by atoms with E-state index in [1.165, 1.54) is 19.8 Å². The van der Waals surface area contributed by atoms with Gasteiger partial charge >= 0.3 is 5.97 Å². The first-order chi connectivity index (χ1) is 34.6. The molecule has 3 aromatic carbocycles. The molecule has 4 aliphatic heterocycles. The van der Waals surface area contributed by atoms with E-state index in [0.29, 0.717) is 65.7 Å². The number of aromatic nitrogens is 1. The highest BCUT2D eigenvalue weighted by molar-refractivity contribution is 8.76. The summed E-state index contributed by atoms with van der Waals surface area (Å²) >= 11 is 0. The second kappa shape index (κ2) is 20.1. The van der Waals surface area contributed by atoms with Gasteiger partial charge in [0, 0.05) is 88.9 Å². The maximum Gasteiger partial charge on any atom is 0.302 e. The average Bonchev–Trinajstić information content (AvgIpc) is 3.87. The normalized spacial score (nSPS) is 26.7. The molecule has 1 saturated heterocycles. The Kier molecular flexibility index (Phi) is 13.7. The highest BCUT2D eigenvalue weighted by Gasteiger charge is 2.52. The summed E-state index contributed by atoms with van der Waals surface area (Å²) in [6.07, 6.45) is 13.8. The van der Waals surface area contributed by atoms with E-state index in [2.05, 4.69) is 59.7 Å². The molecule has 4 aromatic rings. The topological polar surface area (TPSA) is 178 Å². The zero-order valence-electron chi connectivity index (χ0n) is 41.0. The van der Waals surface area contributed by atoms with Gasteiger partial charge in [-0.2, -0.15) is 0 Å². The summed E-state index contributed by atoms with van der Waals surface area (Å²) < 4.78 is 27.1. The van der Waals surface area contributed by atoms with E-state index >= 15 is 0 Å². The Bertz CT molecular complexity index is 2840. The zero-order chi connectivity index (χ0) is 49.0. The van der Waals surface area contributed by atoms with Gasteiger partial charge in [0.15, 0.2) is 11.5 Å². The molecule has 3 fully saturated rings. The lowest BCUT2D eigenvalue weighted by molar-refractivity contribution is -0.141. The lowest BCUT2D eigenvalue weighted by Gasteiger charge is -2.39. The molecule has 6 bridgehead atoms. The van der Waals surface area contributed by atoms with Crippen LogP contribution >= 0.6 is 21.6 Å². The molecule has 1 aromatic heterocycles. The number of pyridine rings is 1. The highest BCUT2D eigenvalue weighted by Crippen LogP contribution is 2.63. The van der Waals surface area contributed by atoms with Gasteiger partial charge in [-0.25, -0.2) is 4.98 Å². The minimum absolute atomic E-state index is 0.0274. The van der Waals surface area contributed by atoms with Crippen LogP contribution in [0, 0.1) is 23.7 Å². The molecule has 12 nitrogen and oxygen atoms in total. The van der Waals surface area contributed by atoms with Crippen molar-refractivity contribution in [1.82, 2.24) is 15.6 Å². The molecule has 5 heterocycles. The van der Waals surface area contributed by atoms with Crippen LogP contribution in [0.1, 0.15) is 133 Å². The predicted octanol–water partition coefficient (Wildman–Crippen LogP) is 9.00. The summed E-state index contributed by atoms with van der Waals surface area (Å²) in [4.78, 5) is 17.9. The summed E-state index contributed by atoms with van der Waals surface area (Å²) in [5.74, 6) is 11.5. The third-order valence-electron chi connectivity index (χ3n) is 16.5. The summed E-state index contributed by atoms with van der Waals surface area (Å²) in [6.45, 7) is 4.43. The number of benzene rings is 3. The number of methoxy groups -OCH3 is 1. The molecule has 14 heteroatoms. The summed E-state index contributed by atoms with van der Waals surface area (Å²) in [7, 11) is 5.42. The van der Waals surface area contributed by atoms with Crippen LogP contribution in [-0.2, 0) is 47.2 Å². The highest BCUT2D eigenvalue weighted by atomic mass is 33.1. The smallest absolute Gasteiger partial charge is 0.302 e. The van der Waals surface area contributed by atoms with Crippen LogP contribution in [0.5, 0.6) is 28.7 Å². The minimum atomic E-state index is -0.698. The number of aliphatic hydroxyl groups is 1. The third kappa shape index (κ3) is 9.02. The minimum Gasteiger partial charge on any atom is -0.508 e. The van der Waals surface area contributed by atoms with E-state index in [0.717, 1.165) is 112 Å². The molecule has 1 spiro atoms. The number of aromatic hydroxyl groups is 2. The van der Waals surface area contributed by atoms with Crippen molar-refractivity contribution in [3.63, 3.8) is 0 Å². The predicted molar refractivity (Wildman–Crippen MR) is 280 cm³/mol. The fraction of sp³-hybridized carbons (Fsp3) is 0.509. The second-order valence-electron chi connectivity index (χ2n) is 20.9. The first-order valence-electron chi connectivity index (χ1n) is 25.8. The number of esters is 1. The molecule has 0 radical (unpaired) electrons. The number of hydrogen-bond donors (Lipinski definition) is 6. The number of nitrogens with one attached hydrogen (secondary N) is 2. The van der Waals surface area contributed by atoms with E-state index in [-0.39, 0.29) is 67.1 Å². The van der Waals surface area contributed by atoms with Crippen LogP contribution in [0.4, 0.5) is 5.82 Å². The standard InChI is InChI=1S/C57H66N4O8S2/c1-4-34-22-35-20-32-16-17-57(25-32)26-36-23-38(64)24-47(66-3)49(36)41-13-12-40-44(28-67-31(2)63)53(69-54(40)51(41)57)50-39(10-6-11-45(35)61-56(34)58)43(27-59-18-7-19-62)52(65)55-42(50)14-15-46-48(68-55)30-71-70-29-33-8-5-9-37(21-33)60-46/h12-15,22-24,32-33,37,44,46,48,53,59-60,62,64-65H,4-5,7-10,16-21,25-30H2,1-3H3,(H2,58,61)/t32-,33-,37+,44+,46+,48-,53+,57-/m1/s1. The number of nitrogens with two attached hydrogens (primary N) is 1. The van der Waals surface area contributed by atoms with E-state index < -0.39 is 12.0 Å². The molecule has 11 rings (SSSR count). The number of aliphatic hydroxyl groups excluding tert-OH is 1. The van der Waals surface area contributed by atoms with Crippen molar-refractivity contribution >= 4 is 39.5 Å². The van der Waals surface area contributed by atoms with E-state index in [1.54, 1.807) is 13.2 Å². The number of rotatable bonds is 9. The molecule has 7 N–H and O–H groups in total. The maximum absolute atomic E-state index is 12.9. The molecule has 7 aliphatic rings. The first kappa shape index (κ1) is 48.2. The van der Waals surface area contributed by atoms with Gasteiger partial charge < -0.3 is 50.6 Å². The van der Waals surface area contributed by atoms with Gasteiger partial charge in [-0.15, -0.1) is 0 Å². The number of nitrogen functional groups attached to an aromatic ring is 1. The Hall–Kier alpha value is -5.04. The van der Waals surface area contributed by atoms with Gasteiger partial charge in [0.25, 0.3) is 0 Å². The van der Waals surface area contributed by atoms with Crippen molar-refractivity contribution in [1.29, 1.82) is 0 Å². The number of hydrogen-bond acceptors (Lipinski definition) is 14. The number of phenolic OH excluding ortho intramolecular Hbond substituents is 2. The summed E-state index contributed by atoms with van der Waals surface area (Å²) in [6, 6.07) is 10.3. The van der Waals surface area contributed by atoms with Gasteiger partial charge in [0.2, 0.25) is 0 Å². The fourth-order valence-electron chi connectivity index (χ4n) is 13.2. The molecular weight excluding hydrogens is 933 g/mol. The van der Waals surface area contributed by atoms with E-state index in [4.69, 9.17) is 29.7 Å². The monoisotopic (exact) mass is 998 g/mol. The van der Waals surface area contributed by atoms with Crippen molar-refractivity contribution in [2.45, 2.75) is 133 Å². The molecule has 71 heavy (non-hydrogen) atoms. The molecule has 0 unspecified atom stereocenters. The number of phenols is 2. The Morgan fingerprint density at radius 2 is 1.96 bits per heavy atom. The van der Waals surface area contributed by atoms with Gasteiger partial charge in [0.1, 0.15) is 47.6 Å². The summed E-state index contributed by atoms with van der Waals surface area (Å²) in [5, 5.41) is 41.4. The molecule has 374 valence electrons. The Morgan fingerprint density at radius 3 is 2.79 bits per heavy atom. The Morgan fingerprint density at radius 1 is 1.08 bits per heavy atom. The first-order valence-corrected chi connectivity index (χ1v) is 28.3. The van der Waals surface area contributed by atoms with Crippen molar-refractivity contribution in [3.05, 3.63) is 92.2 Å². The maximum atomic E-state index is 12.9. The van der Waals surface area contributed by atoms with Crippen LogP contribution in [-0.4, -0.2) is 82.8 Å². The number of ether oxygens (including phenoxy) is 4. The van der Waals surface area contributed by atoms with Crippen molar-refractivity contribution < 1.29 is 39.1 Å². The van der Waals surface area contributed by atoms with Crippen molar-refractivity contribution in [2.24, 2.45) is 11.8 Å². The third-order valence-corrected chi connectivity index (χ3v) is 19.0. The lowest BCUT2D eigenvalue weighted by Crippen LogP contribution is -2.49. The van der Waals surface area contributed by atoms with Crippen LogP contribution in [0.15, 0.2) is 36.4 Å². The Labute approximate surface area is 425 Å². The van der Waals surface area contributed by atoms with Crippen LogP contribution < -0.4 is 30.6 Å². The molecular formula is C57H66N4O8S2. The van der Waals surface area contributed by atoms with Crippen molar-refractivity contribution in [2.75, 3.05) is 44.1 Å². The number of fused-ring (bicyclic) bond motifs is 12. The second-order valence-corrected chi connectivity index (χ2v) is 23.5. The summed E-state index contributed by atoms with van der Waals surface area (Å²) in [5.41, 5.74) is 17.1.